The summed E-state index contributed by atoms with van der Waals surface area (Å²) in [7, 11) is 1.31. The summed E-state index contributed by atoms with van der Waals surface area (Å²) >= 11 is 6.41. The molecular formula is C22H22ClNO5. The minimum atomic E-state index is -0.954. The number of carboxylic acids is 1. The van der Waals surface area contributed by atoms with Gasteiger partial charge in [-0.15, -0.1) is 0 Å². The number of carbonyl (C=O) groups excluding carboxylic acids is 1. The van der Waals surface area contributed by atoms with Crippen LogP contribution in [0.15, 0.2) is 36.4 Å². The fourth-order valence-electron chi connectivity index (χ4n) is 3.32. The number of fused-ring (bicyclic) bond motifs is 1. The highest BCUT2D eigenvalue weighted by Gasteiger charge is 2.17. The first kappa shape index (κ1) is 20.7. The number of aromatic carboxylic acids is 1. The van der Waals surface area contributed by atoms with Crippen LogP contribution in [0.1, 0.15) is 34.1 Å². The molecule has 2 aromatic carbocycles. The van der Waals surface area contributed by atoms with Gasteiger partial charge in [-0.2, -0.15) is 0 Å². The highest BCUT2D eigenvalue weighted by Crippen LogP contribution is 2.30. The fraction of sp³-hybridized carbons (Fsp3) is 0.273. The van der Waals surface area contributed by atoms with Crippen LogP contribution >= 0.6 is 11.6 Å². The monoisotopic (exact) mass is 415 g/mol. The predicted octanol–water partition coefficient (Wildman–Crippen LogP) is 4.60. The Morgan fingerprint density at radius 2 is 1.90 bits per heavy atom. The molecular weight excluding hydrogens is 394 g/mol. The number of hydrogen-bond donors (Lipinski definition) is 1. The molecule has 0 aliphatic rings. The Labute approximate surface area is 173 Å². The molecule has 0 bridgehead atoms. The van der Waals surface area contributed by atoms with Crippen molar-refractivity contribution in [3.8, 4) is 5.75 Å². The largest absolute Gasteiger partial charge is 0.479 e. The maximum atomic E-state index is 11.6. The molecule has 0 saturated carbocycles. The van der Waals surface area contributed by atoms with Crippen LogP contribution in [0.25, 0.3) is 10.9 Å². The van der Waals surface area contributed by atoms with Gasteiger partial charge in [0, 0.05) is 28.2 Å². The van der Waals surface area contributed by atoms with Gasteiger partial charge in [0.15, 0.2) is 6.10 Å². The van der Waals surface area contributed by atoms with Gasteiger partial charge in [-0.05, 0) is 68.3 Å². The molecule has 6 nitrogen and oxygen atoms in total. The molecule has 0 spiro atoms. The maximum absolute atomic E-state index is 11.6. The summed E-state index contributed by atoms with van der Waals surface area (Å²) in [4.78, 5) is 22.9. The van der Waals surface area contributed by atoms with Gasteiger partial charge in [-0.3, -0.25) is 0 Å². The number of carbonyl (C=O) groups is 2. The standard InChI is InChI=1S/C22H22ClNO5/c1-12-13(2)24(20-8-5-15(21(25)26)10-18(12)20)11-16-9-17(6-7-19(16)23)29-14(3)22(27)28-4/h5-10,14H,11H2,1-4H3,(H,25,26). The Morgan fingerprint density at radius 3 is 2.55 bits per heavy atom. The van der Waals surface area contributed by atoms with Crippen molar-refractivity contribution in [3.63, 3.8) is 0 Å². The Morgan fingerprint density at radius 1 is 1.17 bits per heavy atom. The zero-order valence-electron chi connectivity index (χ0n) is 16.7. The fourth-order valence-corrected chi connectivity index (χ4v) is 3.50. The maximum Gasteiger partial charge on any atom is 0.346 e. The van der Waals surface area contributed by atoms with E-state index in [1.54, 1.807) is 37.3 Å². The Balaban J connectivity index is 1.98. The van der Waals surface area contributed by atoms with Gasteiger partial charge in [0.1, 0.15) is 5.75 Å². The third-order valence-corrected chi connectivity index (χ3v) is 5.45. The first-order valence-electron chi connectivity index (χ1n) is 9.08. The molecule has 0 amide bonds. The molecule has 0 aliphatic carbocycles. The van der Waals surface area contributed by atoms with E-state index in [2.05, 4.69) is 4.57 Å². The molecule has 1 unspecified atom stereocenters. The van der Waals surface area contributed by atoms with Crippen molar-refractivity contribution in [1.82, 2.24) is 4.57 Å². The van der Waals surface area contributed by atoms with E-state index in [0.29, 0.717) is 17.3 Å². The second kappa shape index (κ2) is 8.17. The van der Waals surface area contributed by atoms with Crippen LogP contribution in [0.4, 0.5) is 0 Å². The smallest absolute Gasteiger partial charge is 0.346 e. The van der Waals surface area contributed by atoms with Crippen LogP contribution in [0.3, 0.4) is 0 Å². The van der Waals surface area contributed by atoms with Gasteiger partial charge in [0.2, 0.25) is 0 Å². The molecule has 1 atom stereocenters. The summed E-state index contributed by atoms with van der Waals surface area (Å²) in [6, 6.07) is 10.3. The lowest BCUT2D eigenvalue weighted by molar-refractivity contribution is -0.147. The Hall–Kier alpha value is -2.99. The van der Waals surface area contributed by atoms with E-state index in [0.717, 1.165) is 27.7 Å². The number of carboxylic acid groups (broad SMARTS) is 1. The Bertz CT molecular complexity index is 1100. The number of halogens is 1. The lowest BCUT2D eigenvalue weighted by atomic mass is 10.1. The second-order valence-electron chi connectivity index (χ2n) is 6.87. The summed E-state index contributed by atoms with van der Waals surface area (Å²) in [5.74, 6) is -0.899. The molecule has 0 fully saturated rings. The molecule has 0 radical (unpaired) electrons. The summed E-state index contributed by atoms with van der Waals surface area (Å²) in [6.45, 7) is 6.06. The quantitative estimate of drug-likeness (QED) is 0.595. The number of ether oxygens (including phenoxy) is 2. The van der Waals surface area contributed by atoms with E-state index in [1.807, 2.05) is 19.9 Å². The van der Waals surface area contributed by atoms with Crippen molar-refractivity contribution in [3.05, 3.63) is 63.8 Å². The third-order valence-electron chi connectivity index (χ3n) is 5.08. The van der Waals surface area contributed by atoms with Gasteiger partial charge in [-0.25, -0.2) is 9.59 Å². The predicted molar refractivity (Wildman–Crippen MR) is 111 cm³/mol. The first-order valence-corrected chi connectivity index (χ1v) is 9.46. The number of methoxy groups -OCH3 is 1. The van der Waals surface area contributed by atoms with E-state index in [1.165, 1.54) is 7.11 Å². The summed E-state index contributed by atoms with van der Waals surface area (Å²) in [5, 5.41) is 10.7. The number of nitrogens with zero attached hydrogens (tertiary/aromatic N) is 1. The summed E-state index contributed by atoms with van der Waals surface area (Å²) in [5.41, 5.74) is 4.04. The van der Waals surface area contributed by atoms with Crippen molar-refractivity contribution in [1.29, 1.82) is 0 Å². The molecule has 152 valence electrons. The zero-order valence-corrected chi connectivity index (χ0v) is 17.4. The van der Waals surface area contributed by atoms with Crippen LogP contribution in [0.2, 0.25) is 5.02 Å². The lowest BCUT2D eigenvalue weighted by Gasteiger charge is -2.15. The van der Waals surface area contributed by atoms with Crippen LogP contribution in [0.5, 0.6) is 5.75 Å². The van der Waals surface area contributed by atoms with Crippen LogP contribution < -0.4 is 4.74 Å². The molecule has 3 aromatic rings. The minimum absolute atomic E-state index is 0.253. The van der Waals surface area contributed by atoms with Crippen molar-refractivity contribution in [2.75, 3.05) is 7.11 Å². The molecule has 7 heteroatoms. The highest BCUT2D eigenvalue weighted by molar-refractivity contribution is 6.31. The minimum Gasteiger partial charge on any atom is -0.479 e. The molecule has 0 aliphatic heterocycles. The molecule has 1 aromatic heterocycles. The zero-order chi connectivity index (χ0) is 21.3. The topological polar surface area (TPSA) is 77.8 Å². The Kier molecular flexibility index (Phi) is 5.84. The molecule has 3 rings (SSSR count). The van der Waals surface area contributed by atoms with E-state index in [9.17, 15) is 14.7 Å². The van der Waals surface area contributed by atoms with Crippen molar-refractivity contribution in [2.45, 2.75) is 33.4 Å². The van der Waals surface area contributed by atoms with Gasteiger partial charge in [0.25, 0.3) is 0 Å². The van der Waals surface area contributed by atoms with Gasteiger partial charge in [0.05, 0.1) is 12.7 Å². The van der Waals surface area contributed by atoms with Gasteiger partial charge < -0.3 is 19.1 Å². The summed E-state index contributed by atoms with van der Waals surface area (Å²) in [6.07, 6.45) is -0.736. The van der Waals surface area contributed by atoms with Gasteiger partial charge >= 0.3 is 11.9 Å². The number of aromatic nitrogens is 1. The van der Waals surface area contributed by atoms with Crippen LogP contribution in [-0.4, -0.2) is 34.8 Å². The molecule has 29 heavy (non-hydrogen) atoms. The third kappa shape index (κ3) is 4.07. The van der Waals surface area contributed by atoms with Crippen molar-refractivity contribution < 1.29 is 24.2 Å². The van der Waals surface area contributed by atoms with Crippen LogP contribution in [-0.2, 0) is 16.1 Å². The number of esters is 1. The van der Waals surface area contributed by atoms with Crippen LogP contribution in [0, 0.1) is 13.8 Å². The van der Waals surface area contributed by atoms with E-state index < -0.39 is 18.0 Å². The molecule has 1 N–H and O–H groups in total. The van der Waals surface area contributed by atoms with E-state index in [4.69, 9.17) is 21.1 Å². The lowest BCUT2D eigenvalue weighted by Crippen LogP contribution is -2.24. The molecule has 0 saturated heterocycles. The van der Waals surface area contributed by atoms with E-state index >= 15 is 0 Å². The number of benzene rings is 2. The second-order valence-corrected chi connectivity index (χ2v) is 7.28. The number of rotatable bonds is 6. The SMILES string of the molecule is COC(=O)C(C)Oc1ccc(Cl)c(Cn2c(C)c(C)c3cc(C(=O)O)ccc32)c1. The molecule has 1 heterocycles. The number of aryl methyl sites for hydroxylation is 1. The highest BCUT2D eigenvalue weighted by atomic mass is 35.5. The number of hydrogen-bond acceptors (Lipinski definition) is 4. The van der Waals surface area contributed by atoms with Crippen molar-refractivity contribution in [2.24, 2.45) is 0 Å². The van der Waals surface area contributed by atoms with E-state index in [-0.39, 0.29) is 5.56 Å². The first-order chi connectivity index (χ1) is 13.7. The normalized spacial score (nSPS) is 12.0. The summed E-state index contributed by atoms with van der Waals surface area (Å²) < 4.78 is 12.4. The van der Waals surface area contributed by atoms with Crippen molar-refractivity contribution >= 4 is 34.4 Å². The van der Waals surface area contributed by atoms with Gasteiger partial charge in [-0.1, -0.05) is 11.6 Å². The average molecular weight is 416 g/mol. The average Bonchev–Trinajstić information content (AvgIpc) is 2.94.